The third-order valence-electron chi connectivity index (χ3n) is 3.25. The number of benzene rings is 2. The number of hydrogen-bond acceptors (Lipinski definition) is 3. The van der Waals surface area contributed by atoms with E-state index in [2.05, 4.69) is 9.82 Å². The molecule has 0 unspecified atom stereocenters. The van der Waals surface area contributed by atoms with Gasteiger partial charge < -0.3 is 0 Å². The molecule has 0 aliphatic carbocycles. The van der Waals surface area contributed by atoms with Gasteiger partial charge in [0.05, 0.1) is 6.54 Å². The highest BCUT2D eigenvalue weighted by atomic mass is 32.2. The maximum atomic E-state index is 13.7. The molecule has 0 amide bonds. The van der Waals surface area contributed by atoms with E-state index in [1.165, 1.54) is 6.07 Å². The molecule has 0 aliphatic heterocycles. The van der Waals surface area contributed by atoms with Crippen LogP contribution in [0, 0.1) is 11.6 Å². The van der Waals surface area contributed by atoms with Crippen LogP contribution in [0.25, 0.3) is 0 Å². The molecule has 0 bridgehead atoms. The minimum atomic E-state index is -4.19. The molecule has 0 saturated heterocycles. The fourth-order valence-corrected chi connectivity index (χ4v) is 3.22. The minimum Gasteiger partial charge on any atom is -0.266 e. The minimum absolute atomic E-state index is 0.0506. The average molecular weight is 349 g/mol. The number of anilines is 1. The van der Waals surface area contributed by atoms with Crippen LogP contribution in [-0.4, -0.2) is 18.2 Å². The second-order valence-electron chi connectivity index (χ2n) is 5.06. The van der Waals surface area contributed by atoms with Gasteiger partial charge in [-0.15, -0.1) is 0 Å². The highest BCUT2D eigenvalue weighted by molar-refractivity contribution is 7.92. The average Bonchev–Trinajstić information content (AvgIpc) is 2.94. The Morgan fingerprint density at radius 3 is 2.50 bits per heavy atom. The summed E-state index contributed by atoms with van der Waals surface area (Å²) in [6.07, 6.45) is 1.60. The van der Waals surface area contributed by atoms with Crippen LogP contribution in [0.3, 0.4) is 0 Å². The summed E-state index contributed by atoms with van der Waals surface area (Å²) in [5.41, 5.74) is 1.000. The Labute approximate surface area is 137 Å². The predicted octanol–water partition coefficient (Wildman–Crippen LogP) is 3.01. The Balaban J connectivity index is 1.78. The van der Waals surface area contributed by atoms with E-state index in [0.29, 0.717) is 12.6 Å². The van der Waals surface area contributed by atoms with Gasteiger partial charge in [-0.2, -0.15) is 5.10 Å². The number of aromatic nitrogens is 2. The molecule has 0 radical (unpaired) electrons. The van der Waals surface area contributed by atoms with E-state index in [4.69, 9.17) is 0 Å². The normalized spacial score (nSPS) is 11.4. The first-order valence-electron chi connectivity index (χ1n) is 6.99. The molecule has 1 N–H and O–H groups in total. The number of halogens is 2. The molecule has 0 fully saturated rings. The molecule has 3 aromatic rings. The SMILES string of the molecule is O=S(=O)(Nc1ccn(Cc2ccccc2)n1)c1ccc(F)cc1F. The van der Waals surface area contributed by atoms with Gasteiger partial charge in [0, 0.05) is 18.3 Å². The molecule has 124 valence electrons. The molecule has 2 aromatic carbocycles. The Morgan fingerprint density at radius 2 is 1.79 bits per heavy atom. The zero-order chi connectivity index (χ0) is 17.2. The first-order chi connectivity index (χ1) is 11.4. The fourth-order valence-electron chi connectivity index (χ4n) is 2.16. The second kappa shape index (κ2) is 6.40. The van der Waals surface area contributed by atoms with Gasteiger partial charge in [-0.3, -0.25) is 9.40 Å². The van der Waals surface area contributed by atoms with Crippen LogP contribution >= 0.6 is 0 Å². The van der Waals surface area contributed by atoms with Crippen molar-refractivity contribution in [3.8, 4) is 0 Å². The molecule has 8 heteroatoms. The van der Waals surface area contributed by atoms with Crippen LogP contribution in [0.15, 0.2) is 65.7 Å². The third-order valence-corrected chi connectivity index (χ3v) is 4.64. The maximum absolute atomic E-state index is 13.7. The van der Waals surface area contributed by atoms with Crippen molar-refractivity contribution in [3.63, 3.8) is 0 Å². The van der Waals surface area contributed by atoms with Crippen LogP contribution < -0.4 is 4.72 Å². The van der Waals surface area contributed by atoms with Gasteiger partial charge in [0.15, 0.2) is 5.82 Å². The monoisotopic (exact) mass is 349 g/mol. The van der Waals surface area contributed by atoms with Gasteiger partial charge in [-0.05, 0) is 17.7 Å². The van der Waals surface area contributed by atoms with E-state index in [0.717, 1.165) is 17.7 Å². The van der Waals surface area contributed by atoms with Crippen LogP contribution in [-0.2, 0) is 16.6 Å². The summed E-state index contributed by atoms with van der Waals surface area (Å²) < 4.78 is 54.6. The Bertz CT molecular complexity index is 956. The molecule has 1 aromatic heterocycles. The molecular weight excluding hydrogens is 336 g/mol. The van der Waals surface area contributed by atoms with Crippen molar-refractivity contribution < 1.29 is 17.2 Å². The van der Waals surface area contributed by atoms with E-state index >= 15 is 0 Å². The highest BCUT2D eigenvalue weighted by Crippen LogP contribution is 2.18. The lowest BCUT2D eigenvalue weighted by Gasteiger charge is -2.06. The van der Waals surface area contributed by atoms with Gasteiger partial charge in [0.1, 0.15) is 16.5 Å². The van der Waals surface area contributed by atoms with Crippen molar-refractivity contribution in [3.05, 3.63) is 78.0 Å². The van der Waals surface area contributed by atoms with Crippen LogP contribution in [0.1, 0.15) is 5.56 Å². The van der Waals surface area contributed by atoms with Crippen LogP contribution in [0.5, 0.6) is 0 Å². The topological polar surface area (TPSA) is 64.0 Å². The van der Waals surface area contributed by atoms with E-state index in [1.54, 1.807) is 10.9 Å². The molecule has 3 rings (SSSR count). The quantitative estimate of drug-likeness (QED) is 0.770. The molecule has 0 atom stereocenters. The summed E-state index contributed by atoms with van der Waals surface area (Å²) in [4.78, 5) is -0.637. The summed E-state index contributed by atoms with van der Waals surface area (Å²) in [7, 11) is -4.19. The lowest BCUT2D eigenvalue weighted by Crippen LogP contribution is -2.15. The largest absolute Gasteiger partial charge is 0.266 e. The molecule has 0 aliphatic rings. The zero-order valence-electron chi connectivity index (χ0n) is 12.4. The van der Waals surface area contributed by atoms with E-state index < -0.39 is 26.6 Å². The predicted molar refractivity (Wildman–Crippen MR) is 84.9 cm³/mol. The fraction of sp³-hybridized carbons (Fsp3) is 0.0625. The smallest absolute Gasteiger partial charge is 0.266 e. The molecule has 1 heterocycles. The van der Waals surface area contributed by atoms with Gasteiger partial charge >= 0.3 is 0 Å². The molecular formula is C16H13F2N3O2S. The van der Waals surface area contributed by atoms with Gasteiger partial charge in [-0.1, -0.05) is 30.3 Å². The lowest BCUT2D eigenvalue weighted by atomic mass is 10.2. The standard InChI is InChI=1S/C16H13F2N3O2S/c17-13-6-7-15(14(18)10-13)24(22,23)20-16-8-9-21(19-16)11-12-4-2-1-3-5-12/h1-10H,11H2,(H,19,20). The van der Waals surface area contributed by atoms with Crippen LogP contribution in [0.2, 0.25) is 0 Å². The number of hydrogen-bond donors (Lipinski definition) is 1. The summed E-state index contributed by atoms with van der Waals surface area (Å²) in [5, 5.41) is 4.09. The van der Waals surface area contributed by atoms with Gasteiger partial charge in [-0.25, -0.2) is 17.2 Å². The van der Waals surface area contributed by atoms with Gasteiger partial charge in [0.25, 0.3) is 10.0 Å². The summed E-state index contributed by atoms with van der Waals surface area (Å²) in [5.74, 6) is -1.96. The number of nitrogens with zero attached hydrogens (tertiary/aromatic N) is 2. The van der Waals surface area contributed by atoms with Gasteiger partial charge in [0.2, 0.25) is 0 Å². The number of rotatable bonds is 5. The van der Waals surface area contributed by atoms with Crippen molar-refractivity contribution in [2.24, 2.45) is 0 Å². The van der Waals surface area contributed by atoms with E-state index in [1.807, 2.05) is 30.3 Å². The molecule has 5 nitrogen and oxygen atoms in total. The third kappa shape index (κ3) is 3.60. The lowest BCUT2D eigenvalue weighted by molar-refractivity contribution is 0.551. The second-order valence-corrected chi connectivity index (χ2v) is 6.72. The molecule has 24 heavy (non-hydrogen) atoms. The van der Waals surface area contributed by atoms with Crippen molar-refractivity contribution in [1.82, 2.24) is 9.78 Å². The summed E-state index contributed by atoms with van der Waals surface area (Å²) in [6.45, 7) is 0.466. The van der Waals surface area contributed by atoms with Crippen LogP contribution in [0.4, 0.5) is 14.6 Å². The highest BCUT2D eigenvalue weighted by Gasteiger charge is 2.20. The molecule has 0 saturated carbocycles. The zero-order valence-corrected chi connectivity index (χ0v) is 13.2. The summed E-state index contributed by atoms with van der Waals surface area (Å²) in [6, 6.07) is 13.2. The van der Waals surface area contributed by atoms with Crippen molar-refractivity contribution in [1.29, 1.82) is 0 Å². The Morgan fingerprint density at radius 1 is 1.04 bits per heavy atom. The van der Waals surface area contributed by atoms with Crippen molar-refractivity contribution in [2.75, 3.05) is 4.72 Å². The summed E-state index contributed by atoms with van der Waals surface area (Å²) >= 11 is 0. The first-order valence-corrected chi connectivity index (χ1v) is 8.48. The van der Waals surface area contributed by atoms with E-state index in [9.17, 15) is 17.2 Å². The Hall–Kier alpha value is -2.74. The molecule has 0 spiro atoms. The van der Waals surface area contributed by atoms with E-state index in [-0.39, 0.29) is 5.82 Å². The Kier molecular flexibility index (Phi) is 4.30. The number of sulfonamides is 1. The van der Waals surface area contributed by atoms with Crippen molar-refractivity contribution >= 4 is 15.8 Å². The van der Waals surface area contributed by atoms with Crippen molar-refractivity contribution in [2.45, 2.75) is 11.4 Å². The number of nitrogens with one attached hydrogen (secondary N) is 1. The first kappa shape index (κ1) is 16.1. The maximum Gasteiger partial charge on any atom is 0.266 e.